The summed E-state index contributed by atoms with van der Waals surface area (Å²) in [6.45, 7) is 6.25. The summed E-state index contributed by atoms with van der Waals surface area (Å²) in [7, 11) is 2.14. The molecule has 5 nitrogen and oxygen atoms in total. The summed E-state index contributed by atoms with van der Waals surface area (Å²) in [5, 5.41) is 11.3. The average molecular weight is 598 g/mol. The molecule has 1 N–H and O–H groups in total. The number of nitrogens with zero attached hydrogens (tertiary/aromatic N) is 2. The minimum atomic E-state index is -1.34. The van der Waals surface area contributed by atoms with Gasteiger partial charge in [0.15, 0.2) is 11.3 Å². The van der Waals surface area contributed by atoms with Crippen molar-refractivity contribution in [2.24, 2.45) is 0 Å². The van der Waals surface area contributed by atoms with Crippen LogP contribution < -0.4 is 24.0 Å². The number of aliphatic hydroxyl groups is 1. The van der Waals surface area contributed by atoms with Gasteiger partial charge in [0.25, 0.3) is 0 Å². The second-order valence-corrected chi connectivity index (χ2v) is 9.92. The van der Waals surface area contributed by atoms with Crippen LogP contribution in [0.3, 0.4) is 0 Å². The van der Waals surface area contributed by atoms with Crippen LogP contribution >= 0.6 is 0 Å². The summed E-state index contributed by atoms with van der Waals surface area (Å²) in [5.74, 6) is -0.615. The molecule has 2 aromatic carbocycles. The molecule has 1 unspecified atom stereocenters. The van der Waals surface area contributed by atoms with E-state index in [-0.39, 0.29) is 35.6 Å². The largest absolute Gasteiger partial charge is 1.00 e. The molecule has 2 saturated heterocycles. The molecule has 190 valence electrons. The van der Waals surface area contributed by atoms with Crippen LogP contribution in [0.4, 0.5) is 13.6 Å². The second-order valence-electron chi connectivity index (χ2n) is 9.92. The normalized spacial score (nSPS) is 27.9. The van der Waals surface area contributed by atoms with Gasteiger partial charge in [0.2, 0.25) is 0 Å². The number of hydrogen-bond donors (Lipinski definition) is 1. The summed E-state index contributed by atoms with van der Waals surface area (Å²) in [6.07, 6.45) is 3.52. The molecule has 0 aliphatic carbocycles. The van der Waals surface area contributed by atoms with E-state index in [9.17, 15) is 18.7 Å². The molecular formula is C27H33F2IN2O3. The van der Waals surface area contributed by atoms with Crippen LogP contribution in [0.15, 0.2) is 54.6 Å². The van der Waals surface area contributed by atoms with Gasteiger partial charge in [-0.2, -0.15) is 0 Å². The Bertz CT molecular complexity index is 1020. The van der Waals surface area contributed by atoms with Gasteiger partial charge in [-0.25, -0.2) is 13.6 Å². The van der Waals surface area contributed by atoms with Gasteiger partial charge in [-0.1, -0.05) is 31.2 Å². The third-order valence-corrected chi connectivity index (χ3v) is 7.50. The standard InChI is InChI=1S/C27H33F2N2O3.HI/c1-4-16-30-25(32)34-27(26(30,2)33)14-18-31(3,19-15-27)17-13-24(20-5-9-22(28)10-6-20)21-7-11-23(29)12-8-21;/h5-13,33H,4,14-19H2,1-3H3;1H/q+1;/p-1. The van der Waals surface area contributed by atoms with E-state index in [0.717, 1.165) is 36.2 Å². The number of carbonyl (C=O) groups excluding carboxylic acids is 1. The number of hydrogen-bond acceptors (Lipinski definition) is 3. The Kier molecular flexibility index (Phi) is 8.28. The van der Waals surface area contributed by atoms with Crippen molar-refractivity contribution in [2.75, 3.05) is 33.2 Å². The van der Waals surface area contributed by atoms with E-state index in [2.05, 4.69) is 13.1 Å². The second kappa shape index (κ2) is 10.5. The van der Waals surface area contributed by atoms with E-state index in [1.165, 1.54) is 29.2 Å². The van der Waals surface area contributed by atoms with E-state index in [1.807, 2.05) is 6.92 Å². The topological polar surface area (TPSA) is 49.8 Å². The van der Waals surface area contributed by atoms with Gasteiger partial charge >= 0.3 is 6.09 Å². The number of quaternary nitrogens is 1. The molecule has 4 rings (SSSR count). The molecule has 2 aliphatic rings. The first kappa shape index (κ1) is 27.5. The number of likely N-dealkylation sites (tertiary alicyclic amines) is 1. The average Bonchev–Trinajstić information content (AvgIpc) is 2.99. The minimum Gasteiger partial charge on any atom is -1.00 e. The van der Waals surface area contributed by atoms with E-state index in [4.69, 9.17) is 4.74 Å². The van der Waals surface area contributed by atoms with Crippen LogP contribution in [-0.2, 0) is 4.74 Å². The van der Waals surface area contributed by atoms with Crippen molar-refractivity contribution < 1.29 is 51.9 Å². The van der Waals surface area contributed by atoms with Crippen molar-refractivity contribution in [2.45, 2.75) is 44.4 Å². The van der Waals surface area contributed by atoms with E-state index >= 15 is 0 Å². The van der Waals surface area contributed by atoms with Crippen molar-refractivity contribution in [3.63, 3.8) is 0 Å². The Balaban J connectivity index is 0.00000342. The number of piperidine rings is 1. The van der Waals surface area contributed by atoms with E-state index in [0.29, 0.717) is 30.4 Å². The Labute approximate surface area is 223 Å². The van der Waals surface area contributed by atoms with Crippen LogP contribution in [0.2, 0.25) is 0 Å². The molecule has 0 bridgehead atoms. The first-order valence-corrected chi connectivity index (χ1v) is 11.9. The van der Waals surface area contributed by atoms with Crippen molar-refractivity contribution >= 4 is 11.7 Å². The van der Waals surface area contributed by atoms with Crippen LogP contribution in [0.25, 0.3) is 5.57 Å². The van der Waals surface area contributed by atoms with Crippen molar-refractivity contribution in [3.8, 4) is 0 Å². The minimum absolute atomic E-state index is 0. The highest BCUT2D eigenvalue weighted by Gasteiger charge is 2.64. The third kappa shape index (κ3) is 5.39. The zero-order valence-corrected chi connectivity index (χ0v) is 22.6. The molecule has 0 saturated carbocycles. The fraction of sp³-hybridized carbons (Fsp3) is 0.444. The fourth-order valence-corrected chi connectivity index (χ4v) is 5.14. The van der Waals surface area contributed by atoms with Gasteiger partial charge in [0, 0.05) is 19.4 Å². The summed E-state index contributed by atoms with van der Waals surface area (Å²) < 4.78 is 33.5. The predicted octanol–water partition coefficient (Wildman–Crippen LogP) is 1.95. The first-order valence-electron chi connectivity index (χ1n) is 11.9. The van der Waals surface area contributed by atoms with Gasteiger partial charge in [-0.3, -0.25) is 4.90 Å². The molecule has 0 aromatic heterocycles. The quantitative estimate of drug-likeness (QED) is 0.409. The Morgan fingerprint density at radius 2 is 1.54 bits per heavy atom. The molecule has 2 heterocycles. The molecule has 8 heteroatoms. The highest BCUT2D eigenvalue weighted by atomic mass is 127. The Morgan fingerprint density at radius 1 is 1.06 bits per heavy atom. The monoisotopic (exact) mass is 598 g/mol. The molecule has 35 heavy (non-hydrogen) atoms. The molecule has 0 radical (unpaired) electrons. The predicted molar refractivity (Wildman–Crippen MR) is 127 cm³/mol. The number of halogens is 3. The lowest BCUT2D eigenvalue weighted by Crippen LogP contribution is -3.00. The van der Waals surface area contributed by atoms with Crippen molar-refractivity contribution in [1.29, 1.82) is 0 Å². The lowest BCUT2D eigenvalue weighted by molar-refractivity contribution is -0.911. The Morgan fingerprint density at radius 3 is 2.00 bits per heavy atom. The lowest BCUT2D eigenvalue weighted by Gasteiger charge is -2.47. The van der Waals surface area contributed by atoms with Gasteiger partial charge in [-0.15, -0.1) is 0 Å². The maximum absolute atomic E-state index is 13.5. The summed E-state index contributed by atoms with van der Waals surface area (Å²) in [4.78, 5) is 13.9. The first-order chi connectivity index (χ1) is 16.1. The number of likely N-dealkylation sites (N-methyl/N-ethyl adjacent to an activating group) is 1. The number of rotatable bonds is 6. The van der Waals surface area contributed by atoms with E-state index < -0.39 is 17.4 Å². The third-order valence-electron chi connectivity index (χ3n) is 7.50. The molecule has 2 aliphatic heterocycles. The zero-order valence-electron chi connectivity index (χ0n) is 20.4. The highest BCUT2D eigenvalue weighted by Crippen LogP contribution is 2.45. The smallest absolute Gasteiger partial charge is 0.412 e. The maximum atomic E-state index is 13.5. The van der Waals surface area contributed by atoms with Crippen LogP contribution in [0.1, 0.15) is 44.2 Å². The van der Waals surface area contributed by atoms with Gasteiger partial charge in [0.1, 0.15) is 11.6 Å². The molecule has 2 fully saturated rings. The van der Waals surface area contributed by atoms with Crippen molar-refractivity contribution in [1.82, 2.24) is 4.90 Å². The van der Waals surface area contributed by atoms with Crippen LogP contribution in [0.5, 0.6) is 0 Å². The highest BCUT2D eigenvalue weighted by molar-refractivity contribution is 5.79. The summed E-state index contributed by atoms with van der Waals surface area (Å²) in [6, 6.07) is 12.6. The molecule has 1 amide bonds. The van der Waals surface area contributed by atoms with Gasteiger partial charge in [-0.05, 0) is 60.4 Å². The SMILES string of the molecule is CCCN1C(=O)OC2(CC[N+](C)(CC=C(c3ccc(F)cc3)c3ccc(F)cc3)CC2)C1(C)O.[I-]. The number of carbonyl (C=O) groups is 1. The fourth-order valence-electron chi connectivity index (χ4n) is 5.14. The number of amides is 1. The Hall–Kier alpha value is -2.04. The van der Waals surface area contributed by atoms with Gasteiger partial charge < -0.3 is 38.3 Å². The zero-order chi connectivity index (χ0) is 24.6. The van der Waals surface area contributed by atoms with Gasteiger partial charge in [0.05, 0.1) is 26.7 Å². The molecular weight excluding hydrogens is 565 g/mol. The molecule has 1 atom stereocenters. The summed E-state index contributed by atoms with van der Waals surface area (Å²) in [5.41, 5.74) is 0.381. The maximum Gasteiger partial charge on any atom is 0.412 e. The number of ether oxygens (including phenoxy) is 1. The number of benzene rings is 2. The van der Waals surface area contributed by atoms with E-state index in [1.54, 1.807) is 31.2 Å². The van der Waals surface area contributed by atoms with Crippen molar-refractivity contribution in [3.05, 3.63) is 77.4 Å². The molecule has 1 spiro atoms. The van der Waals surface area contributed by atoms with Crippen LogP contribution in [0, 0.1) is 11.6 Å². The lowest BCUT2D eigenvalue weighted by atomic mass is 9.81. The summed E-state index contributed by atoms with van der Waals surface area (Å²) >= 11 is 0. The molecule has 2 aromatic rings. The van der Waals surface area contributed by atoms with Crippen LogP contribution in [-0.4, -0.2) is 65.1 Å².